The van der Waals surface area contributed by atoms with Crippen LogP contribution in [0, 0.1) is 6.92 Å². The van der Waals surface area contributed by atoms with Gasteiger partial charge in [-0.3, -0.25) is 9.59 Å². The normalized spacial score (nSPS) is 11.5. The van der Waals surface area contributed by atoms with Crippen molar-refractivity contribution in [3.05, 3.63) is 59.2 Å². The van der Waals surface area contributed by atoms with E-state index in [1.54, 1.807) is 19.1 Å². The Bertz CT molecular complexity index is 897. The minimum atomic E-state index is -0.501. The maximum Gasteiger partial charge on any atom is 0.242 e. The van der Waals surface area contributed by atoms with E-state index in [2.05, 4.69) is 5.32 Å². The molecule has 0 saturated carbocycles. The molecule has 2 aromatic carbocycles. The highest BCUT2D eigenvalue weighted by molar-refractivity contribution is 5.87. The lowest BCUT2D eigenvalue weighted by atomic mass is 10.0. The molecule has 1 N–H and O–H groups in total. The van der Waals surface area contributed by atoms with Gasteiger partial charge in [0.15, 0.2) is 11.5 Å². The predicted molar refractivity (Wildman–Crippen MR) is 127 cm³/mol. The first kappa shape index (κ1) is 25.2. The molecule has 0 aliphatic rings. The summed E-state index contributed by atoms with van der Waals surface area (Å²) in [6.45, 7) is 7.01. The van der Waals surface area contributed by atoms with E-state index in [4.69, 9.17) is 9.47 Å². The minimum Gasteiger partial charge on any atom is -0.493 e. The molecule has 0 unspecified atom stereocenters. The van der Waals surface area contributed by atoms with E-state index in [1.807, 2.05) is 63.2 Å². The van der Waals surface area contributed by atoms with Gasteiger partial charge >= 0.3 is 0 Å². The molecule has 0 saturated heterocycles. The number of carbonyl (C=O) groups is 2. The molecule has 0 radical (unpaired) electrons. The summed E-state index contributed by atoms with van der Waals surface area (Å²) < 4.78 is 10.7. The Morgan fingerprint density at radius 3 is 2.38 bits per heavy atom. The van der Waals surface area contributed by atoms with Crippen LogP contribution in [0.4, 0.5) is 0 Å². The van der Waals surface area contributed by atoms with Crippen LogP contribution in [0.5, 0.6) is 11.5 Å². The maximum atomic E-state index is 13.4. The smallest absolute Gasteiger partial charge is 0.242 e. The lowest BCUT2D eigenvalue weighted by molar-refractivity contribution is -0.141. The number of hydrogen-bond donors (Lipinski definition) is 1. The molecule has 1 atom stereocenters. The van der Waals surface area contributed by atoms with E-state index >= 15 is 0 Å². The van der Waals surface area contributed by atoms with Crippen molar-refractivity contribution in [2.24, 2.45) is 0 Å². The van der Waals surface area contributed by atoms with Gasteiger partial charge in [-0.15, -0.1) is 0 Å². The van der Waals surface area contributed by atoms with Crippen molar-refractivity contribution < 1.29 is 19.1 Å². The summed E-state index contributed by atoms with van der Waals surface area (Å²) in [4.78, 5) is 28.0. The Morgan fingerprint density at radius 2 is 1.75 bits per heavy atom. The predicted octanol–water partition coefficient (Wildman–Crippen LogP) is 4.28. The number of rotatable bonds is 12. The quantitative estimate of drug-likeness (QED) is 0.535. The summed E-state index contributed by atoms with van der Waals surface area (Å²) in [5, 5.41) is 2.96. The second-order valence-electron chi connectivity index (χ2n) is 7.85. The molecule has 0 aromatic heterocycles. The van der Waals surface area contributed by atoms with Gasteiger partial charge in [0.05, 0.1) is 14.2 Å². The third-order valence-corrected chi connectivity index (χ3v) is 5.61. The SMILES string of the molecule is CCCNC(=O)[C@@H](CC)N(Cc1ccccc1C)C(=O)CCc1ccc(OC)c(OC)c1. The van der Waals surface area contributed by atoms with E-state index in [0.717, 1.165) is 23.1 Å². The molecule has 6 heteroatoms. The molecule has 2 amide bonds. The molecule has 2 rings (SSSR count). The summed E-state index contributed by atoms with van der Waals surface area (Å²) in [6.07, 6.45) is 2.27. The van der Waals surface area contributed by atoms with Crippen LogP contribution in [-0.2, 0) is 22.6 Å². The Hall–Kier alpha value is -3.02. The lowest BCUT2D eigenvalue weighted by Gasteiger charge is -2.31. The lowest BCUT2D eigenvalue weighted by Crippen LogP contribution is -2.49. The Balaban J connectivity index is 2.22. The molecule has 0 bridgehead atoms. The van der Waals surface area contributed by atoms with Crippen LogP contribution < -0.4 is 14.8 Å². The molecule has 32 heavy (non-hydrogen) atoms. The van der Waals surface area contributed by atoms with E-state index in [-0.39, 0.29) is 11.8 Å². The van der Waals surface area contributed by atoms with Crippen molar-refractivity contribution >= 4 is 11.8 Å². The Morgan fingerprint density at radius 1 is 1.03 bits per heavy atom. The number of amides is 2. The van der Waals surface area contributed by atoms with Gasteiger partial charge in [0.1, 0.15) is 6.04 Å². The average Bonchev–Trinajstić information content (AvgIpc) is 2.81. The van der Waals surface area contributed by atoms with Gasteiger partial charge in [0.2, 0.25) is 11.8 Å². The molecule has 2 aromatic rings. The van der Waals surface area contributed by atoms with Gasteiger partial charge in [-0.05, 0) is 55.0 Å². The topological polar surface area (TPSA) is 67.9 Å². The average molecular weight is 441 g/mol. The van der Waals surface area contributed by atoms with Crippen molar-refractivity contribution in [2.45, 2.75) is 59.0 Å². The van der Waals surface area contributed by atoms with Crippen LogP contribution in [0.3, 0.4) is 0 Å². The molecule has 0 spiro atoms. The number of nitrogens with one attached hydrogen (secondary N) is 1. The van der Waals surface area contributed by atoms with Crippen LogP contribution in [0.15, 0.2) is 42.5 Å². The molecule has 6 nitrogen and oxygen atoms in total. The van der Waals surface area contributed by atoms with Crippen molar-refractivity contribution in [1.29, 1.82) is 0 Å². The fourth-order valence-electron chi connectivity index (χ4n) is 3.69. The van der Waals surface area contributed by atoms with Crippen LogP contribution >= 0.6 is 0 Å². The van der Waals surface area contributed by atoms with Crippen LogP contribution in [0.25, 0.3) is 0 Å². The molecule has 0 fully saturated rings. The largest absolute Gasteiger partial charge is 0.493 e. The third-order valence-electron chi connectivity index (χ3n) is 5.61. The molecule has 0 aliphatic carbocycles. The molecule has 0 heterocycles. The van der Waals surface area contributed by atoms with Crippen molar-refractivity contribution in [3.8, 4) is 11.5 Å². The number of benzene rings is 2. The Labute approximate surface area is 191 Å². The summed E-state index contributed by atoms with van der Waals surface area (Å²) >= 11 is 0. The van der Waals surface area contributed by atoms with Crippen molar-refractivity contribution in [1.82, 2.24) is 10.2 Å². The van der Waals surface area contributed by atoms with Gasteiger partial charge in [-0.2, -0.15) is 0 Å². The molecule has 174 valence electrons. The highest BCUT2D eigenvalue weighted by atomic mass is 16.5. The highest BCUT2D eigenvalue weighted by Crippen LogP contribution is 2.28. The molecule has 0 aliphatic heterocycles. The van der Waals surface area contributed by atoms with Gasteiger partial charge in [-0.25, -0.2) is 0 Å². The van der Waals surface area contributed by atoms with Gasteiger partial charge < -0.3 is 19.7 Å². The standard InChI is InChI=1S/C26H36N2O4/c1-6-16-27-26(30)22(7-2)28(18-21-11-9-8-10-19(21)3)25(29)15-13-20-12-14-23(31-4)24(17-20)32-5/h8-12,14,17,22H,6-7,13,15-16,18H2,1-5H3,(H,27,30)/t22-/m1/s1. The summed E-state index contributed by atoms with van der Waals surface area (Å²) in [7, 11) is 3.19. The van der Waals surface area contributed by atoms with E-state index in [1.165, 1.54) is 0 Å². The van der Waals surface area contributed by atoms with Crippen LogP contribution in [-0.4, -0.2) is 43.5 Å². The van der Waals surface area contributed by atoms with E-state index in [0.29, 0.717) is 43.9 Å². The van der Waals surface area contributed by atoms with Crippen LogP contribution in [0.1, 0.15) is 49.8 Å². The number of methoxy groups -OCH3 is 2. The fourth-order valence-corrected chi connectivity index (χ4v) is 3.69. The van der Waals surface area contributed by atoms with Gasteiger partial charge in [0.25, 0.3) is 0 Å². The second-order valence-corrected chi connectivity index (χ2v) is 7.85. The second kappa shape index (κ2) is 12.7. The fraction of sp³-hybridized carbons (Fsp3) is 0.462. The van der Waals surface area contributed by atoms with Crippen molar-refractivity contribution in [3.63, 3.8) is 0 Å². The number of hydrogen-bond acceptors (Lipinski definition) is 4. The molecular weight excluding hydrogens is 404 g/mol. The summed E-state index contributed by atoms with van der Waals surface area (Å²) in [5.41, 5.74) is 3.14. The monoisotopic (exact) mass is 440 g/mol. The first-order valence-electron chi connectivity index (χ1n) is 11.3. The third kappa shape index (κ3) is 6.74. The number of aryl methyl sites for hydroxylation is 2. The number of carbonyl (C=O) groups excluding carboxylic acids is 2. The summed E-state index contributed by atoms with van der Waals surface area (Å²) in [5.74, 6) is 1.16. The van der Waals surface area contributed by atoms with Crippen molar-refractivity contribution in [2.75, 3.05) is 20.8 Å². The number of ether oxygens (including phenoxy) is 2. The highest BCUT2D eigenvalue weighted by Gasteiger charge is 2.28. The zero-order valence-electron chi connectivity index (χ0n) is 19.9. The zero-order valence-corrected chi connectivity index (χ0v) is 19.9. The minimum absolute atomic E-state index is 0.0402. The Kier molecular flexibility index (Phi) is 10.1. The van der Waals surface area contributed by atoms with E-state index < -0.39 is 6.04 Å². The summed E-state index contributed by atoms with van der Waals surface area (Å²) in [6, 6.07) is 13.2. The van der Waals surface area contributed by atoms with Crippen LogP contribution in [0.2, 0.25) is 0 Å². The first-order valence-corrected chi connectivity index (χ1v) is 11.3. The maximum absolute atomic E-state index is 13.4. The van der Waals surface area contributed by atoms with Gasteiger partial charge in [-0.1, -0.05) is 44.2 Å². The van der Waals surface area contributed by atoms with Gasteiger partial charge in [0, 0.05) is 19.5 Å². The first-order chi connectivity index (χ1) is 15.4. The number of nitrogens with zero attached hydrogens (tertiary/aromatic N) is 1. The zero-order chi connectivity index (χ0) is 23.5. The van der Waals surface area contributed by atoms with E-state index in [9.17, 15) is 9.59 Å². The molecular formula is C26H36N2O4.